The van der Waals surface area contributed by atoms with E-state index in [1.54, 1.807) is 19.1 Å². The predicted molar refractivity (Wildman–Crippen MR) is 73.5 cm³/mol. The Morgan fingerprint density at radius 3 is 2.76 bits per heavy atom. The number of rotatable bonds is 1. The topological polar surface area (TPSA) is 68.2 Å². The highest BCUT2D eigenvalue weighted by atomic mass is 16.7. The maximum atomic E-state index is 12.6. The number of hydrogen-bond acceptors (Lipinski definition) is 5. The van der Waals surface area contributed by atoms with Gasteiger partial charge in [0.25, 0.3) is 11.8 Å². The van der Waals surface area contributed by atoms with Gasteiger partial charge in [-0.2, -0.15) is 0 Å². The van der Waals surface area contributed by atoms with Crippen LogP contribution < -0.4 is 9.47 Å². The van der Waals surface area contributed by atoms with Crippen LogP contribution in [0.2, 0.25) is 0 Å². The first-order valence-corrected chi connectivity index (χ1v) is 6.87. The van der Waals surface area contributed by atoms with Gasteiger partial charge in [-0.3, -0.25) is 14.6 Å². The van der Waals surface area contributed by atoms with Crippen molar-refractivity contribution in [3.05, 3.63) is 23.3 Å². The molecule has 1 aromatic carbocycles. The summed E-state index contributed by atoms with van der Waals surface area (Å²) >= 11 is 0. The molecular weight excluding hydrogens is 272 g/mol. The summed E-state index contributed by atoms with van der Waals surface area (Å²) in [5.41, 5.74) is 0.107. The summed E-state index contributed by atoms with van der Waals surface area (Å²) in [5.74, 6) is 0.851. The minimum Gasteiger partial charge on any atom is -0.454 e. The second-order valence-electron chi connectivity index (χ2n) is 5.91. The first-order chi connectivity index (χ1) is 9.95. The molecule has 0 aliphatic carbocycles. The average molecular weight is 286 g/mol. The van der Waals surface area contributed by atoms with E-state index in [2.05, 4.69) is 4.99 Å². The summed E-state index contributed by atoms with van der Waals surface area (Å²) in [6.07, 6.45) is 0. The molecule has 21 heavy (non-hydrogen) atoms. The number of ether oxygens (including phenoxy) is 2. The Balaban J connectivity index is 1.98. The van der Waals surface area contributed by atoms with E-state index in [4.69, 9.17) is 9.47 Å². The van der Waals surface area contributed by atoms with Gasteiger partial charge in [0.15, 0.2) is 17.3 Å². The largest absolute Gasteiger partial charge is 0.454 e. The molecule has 0 spiro atoms. The van der Waals surface area contributed by atoms with E-state index in [0.717, 1.165) is 0 Å². The van der Waals surface area contributed by atoms with Gasteiger partial charge < -0.3 is 9.47 Å². The molecule has 3 aliphatic rings. The fourth-order valence-electron chi connectivity index (χ4n) is 2.87. The zero-order valence-electron chi connectivity index (χ0n) is 12.0. The van der Waals surface area contributed by atoms with Crippen LogP contribution in [0.4, 0.5) is 0 Å². The third kappa shape index (κ3) is 1.30. The Morgan fingerprint density at radius 1 is 1.29 bits per heavy atom. The van der Waals surface area contributed by atoms with Gasteiger partial charge in [0, 0.05) is 0 Å². The van der Waals surface area contributed by atoms with Gasteiger partial charge in [-0.1, -0.05) is 13.8 Å². The van der Waals surface area contributed by atoms with E-state index >= 15 is 0 Å². The second-order valence-corrected chi connectivity index (χ2v) is 5.91. The van der Waals surface area contributed by atoms with Crippen LogP contribution in [0.15, 0.2) is 17.1 Å². The summed E-state index contributed by atoms with van der Waals surface area (Å²) in [5, 5.41) is 0. The molecule has 3 aliphatic heterocycles. The highest BCUT2D eigenvalue weighted by Crippen LogP contribution is 2.45. The standard InChI is InChI=1S/C15H14N2O4/c1-7(2)15(3)14(19)17-12(16-15)10-8(13(17)18)4-5-9-11(10)21-6-20-9/h4-5,7H,6H2,1-3H3. The summed E-state index contributed by atoms with van der Waals surface area (Å²) in [7, 11) is 0. The number of hydrogen-bond donors (Lipinski definition) is 0. The van der Waals surface area contributed by atoms with E-state index in [9.17, 15) is 9.59 Å². The lowest BCUT2D eigenvalue weighted by atomic mass is 9.88. The molecule has 1 unspecified atom stereocenters. The molecule has 0 saturated carbocycles. The Kier molecular flexibility index (Phi) is 2.14. The smallest absolute Gasteiger partial charge is 0.267 e. The molecule has 6 heteroatoms. The normalized spacial score (nSPS) is 25.5. The van der Waals surface area contributed by atoms with Crippen molar-refractivity contribution in [3.8, 4) is 11.5 Å². The summed E-state index contributed by atoms with van der Waals surface area (Å²) in [6, 6.07) is 3.35. The van der Waals surface area contributed by atoms with Gasteiger partial charge >= 0.3 is 0 Å². The molecule has 0 radical (unpaired) electrons. The number of amidine groups is 1. The lowest BCUT2D eigenvalue weighted by molar-refractivity contribution is -0.130. The predicted octanol–water partition coefficient (Wildman–Crippen LogP) is 1.57. The lowest BCUT2D eigenvalue weighted by Gasteiger charge is -2.24. The number of benzene rings is 1. The Labute approximate surface area is 121 Å². The van der Waals surface area contributed by atoms with Crippen LogP contribution in [0.3, 0.4) is 0 Å². The molecule has 3 heterocycles. The Bertz CT molecular complexity index is 737. The summed E-state index contributed by atoms with van der Waals surface area (Å²) in [6.45, 7) is 5.72. The maximum Gasteiger partial charge on any atom is 0.267 e. The second kappa shape index (κ2) is 3.63. The van der Waals surface area contributed by atoms with Gasteiger partial charge in [-0.05, 0) is 25.0 Å². The van der Waals surface area contributed by atoms with Crippen LogP contribution in [0, 0.1) is 5.92 Å². The van der Waals surface area contributed by atoms with Gasteiger partial charge in [-0.25, -0.2) is 4.90 Å². The SMILES string of the molecule is CC(C)C1(C)N=C2c3c(ccc4c3OCO4)C(=O)N2C1=O. The van der Waals surface area contributed by atoms with E-state index in [0.29, 0.717) is 28.5 Å². The molecule has 0 fully saturated rings. The van der Waals surface area contributed by atoms with Gasteiger partial charge in [0.1, 0.15) is 5.54 Å². The van der Waals surface area contributed by atoms with Crippen LogP contribution in [0.25, 0.3) is 0 Å². The molecule has 0 saturated heterocycles. The molecule has 1 atom stereocenters. The van der Waals surface area contributed by atoms with Crippen molar-refractivity contribution in [2.24, 2.45) is 10.9 Å². The van der Waals surface area contributed by atoms with Crippen molar-refractivity contribution in [2.75, 3.05) is 6.79 Å². The number of carbonyl (C=O) groups excluding carboxylic acids is 2. The zero-order chi connectivity index (χ0) is 14.9. The molecule has 0 aromatic heterocycles. The van der Waals surface area contributed by atoms with Crippen LogP contribution >= 0.6 is 0 Å². The minimum absolute atomic E-state index is 0.00622. The fourth-order valence-corrected chi connectivity index (χ4v) is 2.87. The van der Waals surface area contributed by atoms with Gasteiger partial charge in [0.2, 0.25) is 6.79 Å². The average Bonchev–Trinajstić information content (AvgIpc) is 3.07. The summed E-state index contributed by atoms with van der Waals surface area (Å²) in [4.78, 5) is 30.9. The minimum atomic E-state index is -0.912. The number of carbonyl (C=O) groups is 2. The maximum absolute atomic E-state index is 12.6. The Hall–Kier alpha value is -2.37. The number of nitrogens with zero attached hydrogens (tertiary/aromatic N) is 2. The van der Waals surface area contributed by atoms with Gasteiger partial charge in [-0.15, -0.1) is 0 Å². The highest BCUT2D eigenvalue weighted by Gasteiger charge is 2.54. The van der Waals surface area contributed by atoms with Crippen LogP contribution in [0.5, 0.6) is 11.5 Å². The van der Waals surface area contributed by atoms with Crippen molar-refractivity contribution < 1.29 is 19.1 Å². The van der Waals surface area contributed by atoms with E-state index in [1.165, 1.54) is 4.90 Å². The number of amides is 2. The number of aliphatic imine (C=N–C) groups is 1. The molecule has 0 bridgehead atoms. The molecule has 2 amide bonds. The third-order valence-electron chi connectivity index (χ3n) is 4.51. The van der Waals surface area contributed by atoms with E-state index in [1.807, 2.05) is 13.8 Å². The van der Waals surface area contributed by atoms with Crippen molar-refractivity contribution in [1.29, 1.82) is 0 Å². The van der Waals surface area contributed by atoms with Crippen LogP contribution in [-0.2, 0) is 4.79 Å². The first kappa shape index (κ1) is 12.4. The van der Waals surface area contributed by atoms with Crippen LogP contribution in [0.1, 0.15) is 36.7 Å². The lowest BCUT2D eigenvalue weighted by Crippen LogP contribution is -2.44. The molecule has 1 aromatic rings. The number of imide groups is 1. The molecule has 108 valence electrons. The van der Waals surface area contributed by atoms with Crippen LogP contribution in [-0.4, -0.2) is 34.9 Å². The zero-order valence-corrected chi connectivity index (χ0v) is 12.0. The molecule has 0 N–H and O–H groups in total. The first-order valence-electron chi connectivity index (χ1n) is 6.87. The quantitative estimate of drug-likeness (QED) is 0.735. The third-order valence-corrected chi connectivity index (χ3v) is 4.51. The van der Waals surface area contributed by atoms with Crippen molar-refractivity contribution in [3.63, 3.8) is 0 Å². The van der Waals surface area contributed by atoms with E-state index < -0.39 is 5.54 Å². The number of fused-ring (bicyclic) bond motifs is 5. The monoisotopic (exact) mass is 286 g/mol. The van der Waals surface area contributed by atoms with Crippen molar-refractivity contribution >= 4 is 17.6 Å². The molecule has 4 rings (SSSR count). The van der Waals surface area contributed by atoms with Crippen molar-refractivity contribution in [2.45, 2.75) is 26.3 Å². The Morgan fingerprint density at radius 2 is 2.05 bits per heavy atom. The molecular formula is C15H14N2O4. The van der Waals surface area contributed by atoms with E-state index in [-0.39, 0.29) is 24.5 Å². The van der Waals surface area contributed by atoms with Crippen molar-refractivity contribution in [1.82, 2.24) is 4.90 Å². The summed E-state index contributed by atoms with van der Waals surface area (Å²) < 4.78 is 10.8. The fraction of sp³-hybridized carbons (Fsp3) is 0.400. The highest BCUT2D eigenvalue weighted by molar-refractivity contribution is 6.35. The van der Waals surface area contributed by atoms with Gasteiger partial charge in [0.05, 0.1) is 11.1 Å². The molecule has 6 nitrogen and oxygen atoms in total.